The largest absolute Gasteiger partial charge is 0.459 e. The molecule has 1 aliphatic carbocycles. The lowest BCUT2D eigenvalue weighted by molar-refractivity contribution is -0.147. The monoisotopic (exact) mass is 527 g/mol. The lowest BCUT2D eigenvalue weighted by atomic mass is 9.82. The van der Waals surface area contributed by atoms with Crippen LogP contribution in [0.4, 0.5) is 4.39 Å². The van der Waals surface area contributed by atoms with Crippen LogP contribution in [0.15, 0.2) is 24.4 Å². The van der Waals surface area contributed by atoms with Gasteiger partial charge in [-0.05, 0) is 56.5 Å². The number of halogens is 1. The minimum atomic E-state index is -0.645. The lowest BCUT2D eigenvalue weighted by Gasteiger charge is -2.36. The van der Waals surface area contributed by atoms with Crippen LogP contribution in [0.5, 0.6) is 0 Å². The summed E-state index contributed by atoms with van der Waals surface area (Å²) in [5.41, 5.74) is 1.69. The summed E-state index contributed by atoms with van der Waals surface area (Å²) < 4.78 is 19.5. The molecule has 1 aromatic heterocycles. The van der Waals surface area contributed by atoms with Gasteiger partial charge in [0.2, 0.25) is 11.8 Å². The zero-order valence-corrected chi connectivity index (χ0v) is 22.3. The summed E-state index contributed by atoms with van der Waals surface area (Å²) in [6.07, 6.45) is 6.36. The highest BCUT2D eigenvalue weighted by Crippen LogP contribution is 2.41. The number of likely N-dealkylation sites (N-methyl/N-ethyl adjacent to an activating group) is 1. The summed E-state index contributed by atoms with van der Waals surface area (Å²) in [5, 5.41) is 10.4. The third kappa shape index (κ3) is 5.03. The zero-order chi connectivity index (χ0) is 27.0. The molecule has 10 heteroatoms. The van der Waals surface area contributed by atoms with Gasteiger partial charge in [-0.2, -0.15) is 0 Å². The van der Waals surface area contributed by atoms with E-state index in [1.54, 1.807) is 20.0 Å². The molecule has 1 saturated carbocycles. The number of aromatic amines is 1. The number of hydrogen-bond donors (Lipinski definition) is 4. The Balaban J connectivity index is 1.49. The third-order valence-electron chi connectivity index (χ3n) is 8.68. The van der Waals surface area contributed by atoms with E-state index in [-0.39, 0.29) is 48.1 Å². The number of hydrogen-bond acceptors (Lipinski definition) is 6. The number of carbonyl (C=O) groups is 3. The Hall–Kier alpha value is -2.98. The van der Waals surface area contributed by atoms with Gasteiger partial charge in [-0.15, -0.1) is 0 Å². The second-order valence-corrected chi connectivity index (χ2v) is 11.0. The van der Waals surface area contributed by atoms with Crippen molar-refractivity contribution >= 4 is 28.7 Å². The molecule has 6 atom stereocenters. The molecule has 0 bridgehead atoms. The van der Waals surface area contributed by atoms with Crippen molar-refractivity contribution in [3.8, 4) is 0 Å². The summed E-state index contributed by atoms with van der Waals surface area (Å²) in [4.78, 5) is 44.3. The molecule has 2 saturated heterocycles. The Morgan fingerprint density at radius 3 is 2.66 bits per heavy atom. The van der Waals surface area contributed by atoms with Gasteiger partial charge in [0, 0.05) is 36.5 Å². The second-order valence-electron chi connectivity index (χ2n) is 11.0. The summed E-state index contributed by atoms with van der Waals surface area (Å²) in [6.45, 7) is 3.99. The van der Waals surface area contributed by atoms with E-state index in [4.69, 9.17) is 4.74 Å². The van der Waals surface area contributed by atoms with E-state index in [1.807, 2.05) is 11.1 Å². The van der Waals surface area contributed by atoms with Crippen LogP contribution in [-0.2, 0) is 19.1 Å². The predicted molar refractivity (Wildman–Crippen MR) is 141 cm³/mol. The number of benzene rings is 1. The number of ether oxygens (including phenoxy) is 1. The van der Waals surface area contributed by atoms with Crippen molar-refractivity contribution in [1.82, 2.24) is 25.8 Å². The van der Waals surface area contributed by atoms with Gasteiger partial charge in [-0.25, -0.2) is 4.39 Å². The van der Waals surface area contributed by atoms with Gasteiger partial charge in [0.1, 0.15) is 18.0 Å². The first kappa shape index (κ1) is 26.6. The molecule has 2 aromatic rings. The van der Waals surface area contributed by atoms with E-state index >= 15 is 0 Å². The maximum Gasteiger partial charge on any atom is 0.303 e. The van der Waals surface area contributed by atoms with Gasteiger partial charge in [0.25, 0.3) is 0 Å². The number of nitrogens with zero attached hydrogens (tertiary/aromatic N) is 1. The normalized spacial score (nSPS) is 27.2. The van der Waals surface area contributed by atoms with E-state index in [2.05, 4.69) is 20.9 Å². The van der Waals surface area contributed by atoms with E-state index < -0.39 is 24.2 Å². The van der Waals surface area contributed by atoms with Crippen molar-refractivity contribution < 1.29 is 23.5 Å². The SMILES string of the molecule is CN[C@@H](C)C(=O)NC(C(=O)N1CC(OC(C)=O)C2NCC(c3c[nH]c4cc(F)ccc34)C21)C1CCCCC1. The summed E-state index contributed by atoms with van der Waals surface area (Å²) in [5.74, 6) is -1.08. The van der Waals surface area contributed by atoms with Crippen molar-refractivity contribution in [2.75, 3.05) is 20.1 Å². The molecule has 5 rings (SSSR count). The number of aromatic nitrogens is 1. The van der Waals surface area contributed by atoms with E-state index in [1.165, 1.54) is 19.1 Å². The highest BCUT2D eigenvalue weighted by Gasteiger charge is 2.54. The minimum absolute atomic E-state index is 0.0550. The molecule has 0 radical (unpaired) electrons. The van der Waals surface area contributed by atoms with Crippen molar-refractivity contribution in [2.24, 2.45) is 5.92 Å². The molecule has 0 spiro atoms. The van der Waals surface area contributed by atoms with Crippen LogP contribution in [0, 0.1) is 11.7 Å². The fourth-order valence-corrected chi connectivity index (χ4v) is 6.67. The Morgan fingerprint density at radius 2 is 1.95 bits per heavy atom. The average molecular weight is 528 g/mol. The van der Waals surface area contributed by atoms with Crippen LogP contribution in [0.2, 0.25) is 0 Å². The number of likely N-dealkylation sites (tertiary alicyclic amines) is 1. The Morgan fingerprint density at radius 1 is 1.18 bits per heavy atom. The smallest absolute Gasteiger partial charge is 0.303 e. The minimum Gasteiger partial charge on any atom is -0.459 e. The molecule has 2 amide bonds. The molecule has 3 fully saturated rings. The van der Waals surface area contributed by atoms with E-state index in [0.29, 0.717) is 12.1 Å². The highest BCUT2D eigenvalue weighted by molar-refractivity contribution is 5.91. The number of fused-ring (bicyclic) bond motifs is 2. The molecule has 5 unspecified atom stereocenters. The van der Waals surface area contributed by atoms with Gasteiger partial charge in [0.05, 0.1) is 24.7 Å². The van der Waals surface area contributed by atoms with Crippen LogP contribution in [0.25, 0.3) is 10.9 Å². The molecule has 206 valence electrons. The number of carbonyl (C=O) groups excluding carboxylic acids is 3. The summed E-state index contributed by atoms with van der Waals surface area (Å²) in [6, 6.07) is 3.08. The fraction of sp³-hybridized carbons (Fsp3) is 0.607. The van der Waals surface area contributed by atoms with Gasteiger partial charge in [-0.3, -0.25) is 14.4 Å². The quantitative estimate of drug-likeness (QED) is 0.411. The van der Waals surface area contributed by atoms with E-state index in [0.717, 1.165) is 43.1 Å². The number of nitrogens with one attached hydrogen (secondary N) is 4. The maximum absolute atomic E-state index is 14.4. The van der Waals surface area contributed by atoms with Crippen molar-refractivity contribution in [2.45, 2.75) is 82.1 Å². The Kier molecular flexibility index (Phi) is 7.72. The molecule has 2 aliphatic heterocycles. The molecular weight excluding hydrogens is 489 g/mol. The first-order valence-electron chi connectivity index (χ1n) is 13.7. The molecule has 38 heavy (non-hydrogen) atoms. The average Bonchev–Trinajstić information content (AvgIpc) is 3.61. The van der Waals surface area contributed by atoms with Crippen LogP contribution in [0.1, 0.15) is 57.4 Å². The fourth-order valence-electron chi connectivity index (χ4n) is 6.67. The standard InChI is InChI=1S/C28H38FN5O4/c1-15(30-3)27(36)33-24(17-7-5-4-6-8-17)28(37)34-14-23(38-16(2)35)25-26(34)21(13-32-25)20-12-31-22-11-18(29)9-10-19(20)22/h9-12,15,17,21,23-26,30-32H,4-8,13-14H2,1-3H3,(H,33,36)/t15-,21?,23?,24?,25?,26?/m0/s1. The first-order valence-corrected chi connectivity index (χ1v) is 13.7. The summed E-state index contributed by atoms with van der Waals surface area (Å²) >= 11 is 0. The lowest BCUT2D eigenvalue weighted by Crippen LogP contribution is -2.57. The molecule has 1 aromatic carbocycles. The number of esters is 1. The highest BCUT2D eigenvalue weighted by atomic mass is 19.1. The van der Waals surface area contributed by atoms with Crippen LogP contribution >= 0.6 is 0 Å². The summed E-state index contributed by atoms with van der Waals surface area (Å²) in [7, 11) is 1.72. The predicted octanol–water partition coefficient (Wildman–Crippen LogP) is 2.18. The third-order valence-corrected chi connectivity index (χ3v) is 8.68. The van der Waals surface area contributed by atoms with Crippen molar-refractivity contribution in [1.29, 1.82) is 0 Å². The van der Waals surface area contributed by atoms with Crippen molar-refractivity contribution in [3.63, 3.8) is 0 Å². The van der Waals surface area contributed by atoms with Gasteiger partial charge >= 0.3 is 5.97 Å². The molecule has 3 heterocycles. The Labute approximate surface area is 222 Å². The number of rotatable bonds is 7. The number of H-pyrrole nitrogens is 1. The van der Waals surface area contributed by atoms with Crippen LogP contribution in [-0.4, -0.2) is 78.1 Å². The molecule has 3 aliphatic rings. The zero-order valence-electron chi connectivity index (χ0n) is 22.3. The molecular formula is C28H38FN5O4. The van der Waals surface area contributed by atoms with E-state index in [9.17, 15) is 18.8 Å². The molecule has 4 N–H and O–H groups in total. The molecule has 9 nitrogen and oxygen atoms in total. The van der Waals surface area contributed by atoms with Crippen LogP contribution in [0.3, 0.4) is 0 Å². The van der Waals surface area contributed by atoms with Gasteiger partial charge in [-0.1, -0.05) is 19.3 Å². The number of amides is 2. The maximum atomic E-state index is 14.4. The Bertz CT molecular complexity index is 1200. The topological polar surface area (TPSA) is 116 Å². The van der Waals surface area contributed by atoms with Gasteiger partial charge in [0.15, 0.2) is 0 Å². The van der Waals surface area contributed by atoms with Crippen molar-refractivity contribution in [3.05, 3.63) is 35.8 Å². The first-order chi connectivity index (χ1) is 18.3. The second kappa shape index (κ2) is 11.0. The van der Waals surface area contributed by atoms with Crippen LogP contribution < -0.4 is 16.0 Å². The van der Waals surface area contributed by atoms with Gasteiger partial charge < -0.3 is 30.6 Å².